The summed E-state index contributed by atoms with van der Waals surface area (Å²) in [4.78, 5) is 29.1. The van der Waals surface area contributed by atoms with Crippen molar-refractivity contribution in [2.45, 2.75) is 57.4 Å². The molecule has 12 heteroatoms. The van der Waals surface area contributed by atoms with Gasteiger partial charge < -0.3 is 14.5 Å². The fraction of sp³-hybridized carbons (Fsp3) is 0.667. The SMILES string of the molecule is Cc1cc(C#N)ccc1C1CCN(S(=O)(=O)CC2(C(=O)NO)CCN(C(=O)OC[C@@H]3CCCN3C)CC2)CC1. The number of hydrogen-bond acceptors (Lipinski definition) is 8. The van der Waals surface area contributed by atoms with Crippen LogP contribution in [0.1, 0.15) is 61.1 Å². The van der Waals surface area contributed by atoms with Gasteiger partial charge in [-0.1, -0.05) is 6.07 Å². The molecule has 4 rings (SSSR count). The molecule has 0 unspecified atom stereocenters. The number of aryl methyl sites for hydroxylation is 1. The second-order valence-electron chi connectivity index (χ2n) is 11.2. The summed E-state index contributed by atoms with van der Waals surface area (Å²) < 4.78 is 33.9. The van der Waals surface area contributed by atoms with Crippen molar-refractivity contribution in [3.8, 4) is 6.07 Å². The van der Waals surface area contributed by atoms with E-state index in [0.29, 0.717) is 38.1 Å². The maximum atomic E-state index is 13.5. The average Bonchev–Trinajstić information content (AvgIpc) is 3.35. The number of nitrogens with one attached hydrogen (secondary N) is 1. The van der Waals surface area contributed by atoms with Crippen LogP contribution in [0.15, 0.2) is 18.2 Å². The number of hydroxylamine groups is 1. The maximum Gasteiger partial charge on any atom is 0.409 e. The molecule has 0 radical (unpaired) electrons. The summed E-state index contributed by atoms with van der Waals surface area (Å²) >= 11 is 0. The Labute approximate surface area is 230 Å². The summed E-state index contributed by atoms with van der Waals surface area (Å²) in [7, 11) is -1.80. The van der Waals surface area contributed by atoms with Gasteiger partial charge in [-0.25, -0.2) is 23.0 Å². The Kier molecular flexibility index (Phi) is 9.16. The second-order valence-corrected chi connectivity index (χ2v) is 13.1. The molecule has 2 amide bonds. The maximum absolute atomic E-state index is 13.5. The molecule has 1 aromatic rings. The Hall–Kier alpha value is -2.72. The number of likely N-dealkylation sites (tertiary alicyclic amines) is 2. The third-order valence-corrected chi connectivity index (χ3v) is 10.8. The highest BCUT2D eigenvalue weighted by Crippen LogP contribution is 2.37. The molecule has 3 saturated heterocycles. The number of likely N-dealkylation sites (N-methyl/N-ethyl adjacent to an activating group) is 1. The van der Waals surface area contributed by atoms with E-state index in [1.165, 1.54) is 9.21 Å². The minimum Gasteiger partial charge on any atom is -0.448 e. The van der Waals surface area contributed by atoms with Crippen LogP contribution in [0.25, 0.3) is 0 Å². The number of carbonyl (C=O) groups excluding carboxylic acids is 2. The van der Waals surface area contributed by atoms with E-state index in [4.69, 9.17) is 10.00 Å². The summed E-state index contributed by atoms with van der Waals surface area (Å²) in [6.07, 6.45) is 3.09. The fourth-order valence-electron chi connectivity index (χ4n) is 6.21. The molecule has 1 atom stereocenters. The molecule has 3 fully saturated rings. The molecular formula is C27H39N5O6S. The number of hydrogen-bond donors (Lipinski definition) is 2. The number of sulfonamides is 1. The van der Waals surface area contributed by atoms with Crippen LogP contribution in [-0.4, -0.2) is 97.9 Å². The number of ether oxygens (including phenoxy) is 1. The minimum absolute atomic E-state index is 0.109. The van der Waals surface area contributed by atoms with E-state index in [0.717, 1.165) is 30.5 Å². The van der Waals surface area contributed by atoms with E-state index >= 15 is 0 Å². The number of nitriles is 1. The zero-order chi connectivity index (χ0) is 28.2. The first kappa shape index (κ1) is 29.3. The Morgan fingerprint density at radius 2 is 1.85 bits per heavy atom. The number of benzene rings is 1. The Morgan fingerprint density at radius 1 is 1.15 bits per heavy atom. The van der Waals surface area contributed by atoms with Gasteiger partial charge in [-0.05, 0) is 88.2 Å². The molecule has 39 heavy (non-hydrogen) atoms. The predicted octanol–water partition coefficient (Wildman–Crippen LogP) is 2.19. The lowest BCUT2D eigenvalue weighted by Crippen LogP contribution is -2.54. The van der Waals surface area contributed by atoms with Crippen LogP contribution >= 0.6 is 0 Å². The van der Waals surface area contributed by atoms with Crippen molar-refractivity contribution in [1.82, 2.24) is 19.6 Å². The van der Waals surface area contributed by atoms with Gasteiger partial charge in [0.1, 0.15) is 6.61 Å². The van der Waals surface area contributed by atoms with Gasteiger partial charge in [-0.2, -0.15) is 5.26 Å². The molecule has 3 aliphatic rings. The van der Waals surface area contributed by atoms with E-state index in [-0.39, 0.29) is 37.9 Å². The molecule has 2 N–H and O–H groups in total. The van der Waals surface area contributed by atoms with Crippen molar-refractivity contribution < 1.29 is 28.0 Å². The number of rotatable bonds is 7. The Balaban J connectivity index is 1.35. The lowest BCUT2D eigenvalue weighted by atomic mass is 9.79. The molecule has 214 valence electrons. The molecule has 0 spiro atoms. The van der Waals surface area contributed by atoms with Crippen LogP contribution in [-0.2, 0) is 19.6 Å². The van der Waals surface area contributed by atoms with Crippen LogP contribution in [0.4, 0.5) is 4.79 Å². The van der Waals surface area contributed by atoms with E-state index in [2.05, 4.69) is 11.0 Å². The second kappa shape index (κ2) is 12.2. The standard InChI is InChI=1S/C27H39N5O6S/c1-20-16-21(17-28)5-6-24(20)22-7-12-32(13-8-22)39(36,37)19-27(25(33)29-35)9-14-31(15-10-27)26(34)38-18-23-4-3-11-30(23)2/h5-6,16,22-23,35H,3-4,7-15,18-19H2,1-2H3,(H,29,33)/t23-/m0/s1. The van der Waals surface area contributed by atoms with Gasteiger partial charge in [0.05, 0.1) is 22.8 Å². The largest absolute Gasteiger partial charge is 0.448 e. The highest BCUT2D eigenvalue weighted by atomic mass is 32.2. The molecule has 0 aliphatic carbocycles. The Morgan fingerprint density at radius 3 is 2.41 bits per heavy atom. The first-order valence-corrected chi connectivity index (χ1v) is 15.2. The van der Waals surface area contributed by atoms with E-state index in [1.54, 1.807) is 11.5 Å². The zero-order valence-electron chi connectivity index (χ0n) is 22.8. The molecular weight excluding hydrogens is 522 g/mol. The van der Waals surface area contributed by atoms with Gasteiger partial charge in [0.2, 0.25) is 10.0 Å². The summed E-state index contributed by atoms with van der Waals surface area (Å²) in [5, 5.41) is 18.6. The molecule has 11 nitrogen and oxygen atoms in total. The molecule has 0 bridgehead atoms. The van der Waals surface area contributed by atoms with E-state index in [9.17, 15) is 23.2 Å². The normalized spacial score (nSPS) is 22.8. The summed E-state index contributed by atoms with van der Waals surface area (Å²) in [6, 6.07) is 7.94. The van der Waals surface area contributed by atoms with Crippen molar-refractivity contribution in [2.75, 3.05) is 52.1 Å². The van der Waals surface area contributed by atoms with Gasteiger partial charge in [0.25, 0.3) is 5.91 Å². The summed E-state index contributed by atoms with van der Waals surface area (Å²) in [5.41, 5.74) is 3.08. The van der Waals surface area contributed by atoms with Gasteiger partial charge in [-0.3, -0.25) is 10.0 Å². The number of amides is 2. The first-order valence-electron chi connectivity index (χ1n) is 13.6. The van der Waals surface area contributed by atoms with Crippen molar-refractivity contribution in [1.29, 1.82) is 5.26 Å². The van der Waals surface area contributed by atoms with Crippen LogP contribution < -0.4 is 5.48 Å². The zero-order valence-corrected chi connectivity index (χ0v) is 23.6. The lowest BCUT2D eigenvalue weighted by Gasteiger charge is -2.41. The number of nitrogens with zero attached hydrogens (tertiary/aromatic N) is 4. The highest BCUT2D eigenvalue weighted by molar-refractivity contribution is 7.89. The molecule has 1 aromatic carbocycles. The Bertz CT molecular complexity index is 1200. The monoisotopic (exact) mass is 561 g/mol. The fourth-order valence-corrected chi connectivity index (χ4v) is 8.28. The van der Waals surface area contributed by atoms with Gasteiger partial charge in [0, 0.05) is 32.2 Å². The average molecular weight is 562 g/mol. The van der Waals surface area contributed by atoms with Crippen LogP contribution in [0.2, 0.25) is 0 Å². The van der Waals surface area contributed by atoms with Crippen molar-refractivity contribution in [3.05, 3.63) is 34.9 Å². The third-order valence-electron chi connectivity index (χ3n) is 8.78. The predicted molar refractivity (Wildman–Crippen MR) is 143 cm³/mol. The number of piperidine rings is 2. The van der Waals surface area contributed by atoms with Crippen molar-refractivity contribution in [2.24, 2.45) is 5.41 Å². The lowest BCUT2D eigenvalue weighted by molar-refractivity contribution is -0.141. The first-order chi connectivity index (χ1) is 18.6. The third kappa shape index (κ3) is 6.54. The van der Waals surface area contributed by atoms with Crippen molar-refractivity contribution >= 4 is 22.0 Å². The molecule has 3 aliphatic heterocycles. The van der Waals surface area contributed by atoms with Gasteiger partial charge in [0.15, 0.2) is 0 Å². The quantitative estimate of drug-likeness (QED) is 0.381. The highest BCUT2D eigenvalue weighted by Gasteiger charge is 2.47. The summed E-state index contributed by atoms with van der Waals surface area (Å²) in [5.74, 6) is -0.977. The van der Waals surface area contributed by atoms with Gasteiger partial charge >= 0.3 is 6.09 Å². The van der Waals surface area contributed by atoms with E-state index < -0.39 is 33.2 Å². The van der Waals surface area contributed by atoms with Crippen LogP contribution in [0.3, 0.4) is 0 Å². The molecule has 0 aromatic heterocycles. The smallest absolute Gasteiger partial charge is 0.409 e. The van der Waals surface area contributed by atoms with Crippen LogP contribution in [0, 0.1) is 23.7 Å². The van der Waals surface area contributed by atoms with Crippen molar-refractivity contribution in [3.63, 3.8) is 0 Å². The van der Waals surface area contributed by atoms with Crippen LogP contribution in [0.5, 0.6) is 0 Å². The number of carbonyl (C=O) groups is 2. The van der Waals surface area contributed by atoms with Gasteiger partial charge in [-0.15, -0.1) is 0 Å². The topological polar surface area (TPSA) is 143 Å². The summed E-state index contributed by atoms with van der Waals surface area (Å²) in [6.45, 7) is 4.25. The molecule has 3 heterocycles. The molecule has 0 saturated carbocycles. The van der Waals surface area contributed by atoms with E-state index in [1.807, 2.05) is 26.1 Å². The minimum atomic E-state index is -3.81.